The molecule has 1 aliphatic rings. The normalized spacial score (nSPS) is 14.6. The van der Waals surface area contributed by atoms with Crippen LogP contribution < -0.4 is 4.90 Å². The molecule has 0 atom stereocenters. The van der Waals surface area contributed by atoms with Gasteiger partial charge in [0.05, 0.1) is 18.3 Å². The summed E-state index contributed by atoms with van der Waals surface area (Å²) in [6.45, 7) is 0. The Labute approximate surface area is 97.8 Å². The van der Waals surface area contributed by atoms with Gasteiger partial charge < -0.3 is 0 Å². The molecule has 0 saturated carbocycles. The number of anilines is 2. The van der Waals surface area contributed by atoms with E-state index < -0.39 is 0 Å². The molecule has 1 aromatic heterocycles. The number of aromatic amines is 1. The molecule has 0 fully saturated rings. The van der Waals surface area contributed by atoms with E-state index in [1.165, 1.54) is 0 Å². The van der Waals surface area contributed by atoms with Crippen molar-refractivity contribution in [3.63, 3.8) is 0 Å². The van der Waals surface area contributed by atoms with E-state index in [0.29, 0.717) is 11.5 Å². The molecule has 1 aromatic carbocycles. The zero-order chi connectivity index (χ0) is 11.7. The Kier molecular flexibility index (Phi) is 2.22. The second-order valence-electron chi connectivity index (χ2n) is 3.68. The maximum atomic E-state index is 12.1. The Morgan fingerprint density at radius 3 is 2.88 bits per heavy atom. The van der Waals surface area contributed by atoms with Crippen LogP contribution in [0.1, 0.15) is 6.42 Å². The van der Waals surface area contributed by atoms with E-state index in [-0.39, 0.29) is 12.3 Å². The minimum atomic E-state index is -0.0250. The van der Waals surface area contributed by atoms with Gasteiger partial charge in [-0.05, 0) is 12.1 Å². The number of H-pyrrole nitrogens is 1. The van der Waals surface area contributed by atoms with Crippen LogP contribution in [0.4, 0.5) is 17.2 Å². The molecular formula is C12H10N4O. The number of nitrogens with one attached hydrogen (secondary N) is 1. The number of nitrogens with zero attached hydrogens (tertiary/aromatic N) is 3. The van der Waals surface area contributed by atoms with E-state index in [2.05, 4.69) is 15.2 Å². The lowest BCUT2D eigenvalue weighted by Gasteiger charge is -2.19. The van der Waals surface area contributed by atoms with E-state index in [1.807, 2.05) is 30.3 Å². The van der Waals surface area contributed by atoms with Gasteiger partial charge in [0.1, 0.15) is 5.69 Å². The Morgan fingerprint density at radius 1 is 1.24 bits per heavy atom. The fourth-order valence-corrected chi connectivity index (χ4v) is 1.82. The third kappa shape index (κ3) is 1.61. The van der Waals surface area contributed by atoms with Crippen LogP contribution in [0, 0.1) is 0 Å². The highest BCUT2D eigenvalue weighted by Gasteiger charge is 2.23. The van der Waals surface area contributed by atoms with E-state index in [1.54, 1.807) is 17.3 Å². The monoisotopic (exact) mass is 226 g/mol. The number of carbonyl (C=O) groups excluding carboxylic acids is 1. The van der Waals surface area contributed by atoms with Gasteiger partial charge in [0.2, 0.25) is 5.91 Å². The number of aliphatic imine (C=N–C) groups is 1. The van der Waals surface area contributed by atoms with Crippen LogP contribution in [0.5, 0.6) is 0 Å². The van der Waals surface area contributed by atoms with E-state index in [0.717, 1.165) is 5.69 Å². The summed E-state index contributed by atoms with van der Waals surface area (Å²) in [7, 11) is 0. The molecule has 5 heteroatoms. The number of carbonyl (C=O) groups is 1. The Morgan fingerprint density at radius 2 is 2.06 bits per heavy atom. The smallest absolute Gasteiger partial charge is 0.238 e. The van der Waals surface area contributed by atoms with Crippen molar-refractivity contribution in [2.75, 3.05) is 4.90 Å². The van der Waals surface area contributed by atoms with Crippen molar-refractivity contribution in [2.45, 2.75) is 6.42 Å². The molecule has 1 aliphatic heterocycles. The zero-order valence-electron chi connectivity index (χ0n) is 9.00. The van der Waals surface area contributed by atoms with Crippen molar-refractivity contribution in [1.29, 1.82) is 0 Å². The van der Waals surface area contributed by atoms with E-state index >= 15 is 0 Å². The van der Waals surface area contributed by atoms with Gasteiger partial charge in [-0.15, -0.1) is 0 Å². The molecule has 0 bridgehead atoms. The number of rotatable bonds is 1. The Balaban J connectivity index is 2.14. The first-order valence-corrected chi connectivity index (χ1v) is 5.30. The highest BCUT2D eigenvalue weighted by molar-refractivity contribution is 6.09. The lowest BCUT2D eigenvalue weighted by molar-refractivity contribution is -0.116. The molecule has 1 amide bonds. The number of fused-ring (bicyclic) bond motifs is 1. The van der Waals surface area contributed by atoms with E-state index in [9.17, 15) is 4.79 Å². The predicted molar refractivity (Wildman–Crippen MR) is 64.9 cm³/mol. The highest BCUT2D eigenvalue weighted by atomic mass is 16.2. The molecular weight excluding hydrogens is 216 g/mol. The van der Waals surface area contributed by atoms with Gasteiger partial charge in [-0.2, -0.15) is 5.10 Å². The van der Waals surface area contributed by atoms with E-state index in [4.69, 9.17) is 0 Å². The highest BCUT2D eigenvalue weighted by Crippen LogP contribution is 2.33. The summed E-state index contributed by atoms with van der Waals surface area (Å²) in [5, 5.41) is 6.74. The molecule has 0 spiro atoms. The van der Waals surface area contributed by atoms with Gasteiger partial charge >= 0.3 is 0 Å². The molecule has 0 radical (unpaired) electrons. The van der Waals surface area contributed by atoms with Crippen molar-refractivity contribution in [3.8, 4) is 0 Å². The molecule has 0 aliphatic carbocycles. The summed E-state index contributed by atoms with van der Waals surface area (Å²) in [6, 6.07) is 9.46. The average Bonchev–Trinajstić information content (AvgIpc) is 2.74. The summed E-state index contributed by atoms with van der Waals surface area (Å²) >= 11 is 0. The molecule has 5 nitrogen and oxygen atoms in total. The van der Waals surface area contributed by atoms with Gasteiger partial charge in [0.15, 0.2) is 5.82 Å². The standard InChI is InChI=1S/C12H10N4O/c17-11-6-7-13-10-8-14-15-12(10)16(11)9-4-2-1-3-5-9/h1-5,7-8H,6H2,(H,14,15). The third-order valence-electron chi connectivity index (χ3n) is 2.58. The Hall–Kier alpha value is -2.43. The summed E-state index contributed by atoms with van der Waals surface area (Å²) in [6.07, 6.45) is 3.51. The first-order chi connectivity index (χ1) is 8.36. The summed E-state index contributed by atoms with van der Waals surface area (Å²) < 4.78 is 0. The van der Waals surface area contributed by atoms with Crippen molar-refractivity contribution < 1.29 is 4.79 Å². The molecule has 2 aromatic rings. The molecule has 0 unspecified atom stereocenters. The molecule has 84 valence electrons. The minimum absolute atomic E-state index is 0.0250. The molecule has 0 saturated heterocycles. The number of amides is 1. The van der Waals surface area contributed by atoms with Crippen LogP contribution in [0.25, 0.3) is 0 Å². The topological polar surface area (TPSA) is 61.4 Å². The summed E-state index contributed by atoms with van der Waals surface area (Å²) in [4.78, 5) is 17.9. The van der Waals surface area contributed by atoms with Crippen LogP contribution >= 0.6 is 0 Å². The van der Waals surface area contributed by atoms with Gasteiger partial charge in [-0.3, -0.25) is 19.8 Å². The first kappa shape index (κ1) is 9.77. The SMILES string of the molecule is O=C1CC=Nc2cn[nH]c2N1c1ccccc1. The van der Waals surface area contributed by atoms with Crippen LogP contribution in [0.3, 0.4) is 0 Å². The van der Waals surface area contributed by atoms with Crippen LogP contribution in [-0.2, 0) is 4.79 Å². The average molecular weight is 226 g/mol. The molecule has 3 rings (SSSR count). The fourth-order valence-electron chi connectivity index (χ4n) is 1.82. The molecule has 17 heavy (non-hydrogen) atoms. The summed E-state index contributed by atoms with van der Waals surface area (Å²) in [5.41, 5.74) is 1.49. The van der Waals surface area contributed by atoms with Crippen molar-refractivity contribution in [1.82, 2.24) is 10.2 Å². The Bertz CT molecular complexity index is 573. The second kappa shape index (κ2) is 3.86. The van der Waals surface area contributed by atoms with Crippen LogP contribution in [0.15, 0.2) is 41.5 Å². The number of hydrogen-bond donors (Lipinski definition) is 1. The largest absolute Gasteiger partial charge is 0.274 e. The fraction of sp³-hybridized carbons (Fsp3) is 0.0833. The van der Waals surface area contributed by atoms with Gasteiger partial charge in [0, 0.05) is 6.21 Å². The maximum Gasteiger partial charge on any atom is 0.238 e. The van der Waals surface area contributed by atoms with Crippen molar-refractivity contribution in [3.05, 3.63) is 36.5 Å². The van der Waals surface area contributed by atoms with Crippen LogP contribution in [0.2, 0.25) is 0 Å². The quantitative estimate of drug-likeness (QED) is 0.810. The van der Waals surface area contributed by atoms with Crippen LogP contribution in [-0.4, -0.2) is 22.3 Å². The summed E-state index contributed by atoms with van der Waals surface area (Å²) in [5.74, 6) is 0.595. The minimum Gasteiger partial charge on any atom is -0.274 e. The maximum absolute atomic E-state index is 12.1. The number of aromatic nitrogens is 2. The molecule has 2 heterocycles. The van der Waals surface area contributed by atoms with Crippen molar-refractivity contribution in [2.24, 2.45) is 4.99 Å². The number of para-hydroxylation sites is 1. The third-order valence-corrected chi connectivity index (χ3v) is 2.58. The van der Waals surface area contributed by atoms with Gasteiger partial charge in [-0.1, -0.05) is 18.2 Å². The lowest BCUT2D eigenvalue weighted by atomic mass is 10.2. The molecule has 1 N–H and O–H groups in total. The lowest BCUT2D eigenvalue weighted by Crippen LogP contribution is -2.25. The zero-order valence-corrected chi connectivity index (χ0v) is 9.00. The van der Waals surface area contributed by atoms with Crippen molar-refractivity contribution >= 4 is 29.3 Å². The number of hydrogen-bond acceptors (Lipinski definition) is 3. The first-order valence-electron chi connectivity index (χ1n) is 5.30. The second-order valence-corrected chi connectivity index (χ2v) is 3.68. The predicted octanol–water partition coefficient (Wildman–Crippen LogP) is 2.18. The van der Waals surface area contributed by atoms with Gasteiger partial charge in [0.25, 0.3) is 0 Å². The number of benzene rings is 1. The van der Waals surface area contributed by atoms with Gasteiger partial charge in [-0.25, -0.2) is 0 Å².